The van der Waals surface area contributed by atoms with Crippen molar-refractivity contribution in [2.24, 2.45) is 5.92 Å². The second kappa shape index (κ2) is 10.2. The summed E-state index contributed by atoms with van der Waals surface area (Å²) in [7, 11) is 0. The molecular weight excluding hydrogens is 442 g/mol. The van der Waals surface area contributed by atoms with Crippen LogP contribution in [0.4, 0.5) is 0 Å². The summed E-state index contributed by atoms with van der Waals surface area (Å²) in [6.07, 6.45) is 2.76. The van der Waals surface area contributed by atoms with Crippen LogP contribution in [0.1, 0.15) is 32.4 Å². The Hall–Kier alpha value is -3.07. The number of likely N-dealkylation sites (tertiary alicyclic amines) is 1. The van der Waals surface area contributed by atoms with Crippen molar-refractivity contribution in [1.82, 2.24) is 14.5 Å². The van der Waals surface area contributed by atoms with Crippen LogP contribution in [-0.2, 0) is 20.9 Å². The number of thioether (sulfide) groups is 1. The molecule has 33 heavy (non-hydrogen) atoms. The van der Waals surface area contributed by atoms with E-state index in [1.54, 1.807) is 46.9 Å². The summed E-state index contributed by atoms with van der Waals surface area (Å²) in [4.78, 5) is 44.8. The van der Waals surface area contributed by atoms with Gasteiger partial charge in [-0.05, 0) is 51.0 Å². The maximum absolute atomic E-state index is 13.2. The molecule has 1 saturated heterocycles. The van der Waals surface area contributed by atoms with Crippen LogP contribution in [0, 0.1) is 5.92 Å². The second-order valence-electron chi connectivity index (χ2n) is 7.99. The molecule has 174 valence electrons. The average molecular weight is 470 g/mol. The summed E-state index contributed by atoms with van der Waals surface area (Å²) >= 11 is 1.27. The number of fused-ring (bicyclic) bond motifs is 1. The number of aromatic nitrogens is 2. The lowest BCUT2D eigenvalue weighted by Gasteiger charge is -2.32. The summed E-state index contributed by atoms with van der Waals surface area (Å²) in [5, 5.41) is 0.547. The summed E-state index contributed by atoms with van der Waals surface area (Å²) in [5.74, 6) is 0.261. The summed E-state index contributed by atoms with van der Waals surface area (Å²) in [5.41, 5.74) is 0.421. The van der Waals surface area contributed by atoms with Gasteiger partial charge in [0.15, 0.2) is 5.16 Å². The van der Waals surface area contributed by atoms with Gasteiger partial charge in [0.2, 0.25) is 5.91 Å². The Morgan fingerprint density at radius 2 is 1.97 bits per heavy atom. The van der Waals surface area contributed by atoms with Gasteiger partial charge in [0.1, 0.15) is 5.76 Å². The number of esters is 1. The maximum atomic E-state index is 13.2. The standard InChI is InChI=1S/C24H27N3O5S/c1-3-31-23(30)17-10-12-26(13-11-17)21(28)16(2)33-24-25-20-9-5-4-8-19(20)22(29)27(24)15-18-7-6-14-32-18/h4-9,14,16-17H,3,10-13,15H2,1-2H3. The highest BCUT2D eigenvalue weighted by Gasteiger charge is 2.31. The number of piperidine rings is 1. The Kier molecular flexibility index (Phi) is 7.17. The number of hydrogen-bond acceptors (Lipinski definition) is 7. The van der Waals surface area contributed by atoms with Crippen molar-refractivity contribution in [3.05, 3.63) is 58.8 Å². The predicted molar refractivity (Wildman–Crippen MR) is 125 cm³/mol. The van der Waals surface area contributed by atoms with Crippen LogP contribution in [0.3, 0.4) is 0 Å². The van der Waals surface area contributed by atoms with Crippen LogP contribution >= 0.6 is 11.8 Å². The Balaban J connectivity index is 1.52. The number of carbonyl (C=O) groups excluding carboxylic acids is 2. The number of para-hydroxylation sites is 1. The molecule has 1 amide bonds. The third-order valence-electron chi connectivity index (χ3n) is 5.78. The molecule has 1 aromatic carbocycles. The Morgan fingerprint density at radius 3 is 2.67 bits per heavy atom. The van der Waals surface area contributed by atoms with Crippen molar-refractivity contribution in [2.45, 2.75) is 43.6 Å². The predicted octanol–water partition coefficient (Wildman–Crippen LogP) is 3.32. The molecular formula is C24H27N3O5S. The first-order valence-corrected chi connectivity index (χ1v) is 12.0. The van der Waals surface area contributed by atoms with E-state index in [0.29, 0.717) is 54.4 Å². The van der Waals surface area contributed by atoms with Crippen molar-refractivity contribution >= 4 is 34.5 Å². The number of amides is 1. The maximum Gasteiger partial charge on any atom is 0.309 e. The Bertz CT molecular complexity index is 1180. The first-order chi connectivity index (χ1) is 16.0. The number of rotatable bonds is 7. The summed E-state index contributed by atoms with van der Waals surface area (Å²) in [6.45, 7) is 5.24. The largest absolute Gasteiger partial charge is 0.467 e. The first-order valence-electron chi connectivity index (χ1n) is 11.1. The third-order valence-corrected chi connectivity index (χ3v) is 6.85. The molecule has 3 heterocycles. The molecule has 8 nitrogen and oxygen atoms in total. The molecule has 1 atom stereocenters. The highest BCUT2D eigenvalue weighted by atomic mass is 32.2. The molecule has 9 heteroatoms. The summed E-state index contributed by atoms with van der Waals surface area (Å²) in [6, 6.07) is 10.8. The lowest BCUT2D eigenvalue weighted by molar-refractivity contribution is -0.151. The molecule has 0 spiro atoms. The van der Waals surface area contributed by atoms with Crippen molar-refractivity contribution in [2.75, 3.05) is 19.7 Å². The highest BCUT2D eigenvalue weighted by molar-refractivity contribution is 8.00. The van der Waals surface area contributed by atoms with E-state index in [0.717, 1.165) is 0 Å². The lowest BCUT2D eigenvalue weighted by Crippen LogP contribution is -2.43. The molecule has 1 fully saturated rings. The molecule has 0 aliphatic carbocycles. The number of hydrogen-bond donors (Lipinski definition) is 0. The van der Waals surface area contributed by atoms with E-state index in [9.17, 15) is 14.4 Å². The zero-order valence-corrected chi connectivity index (χ0v) is 19.5. The molecule has 0 N–H and O–H groups in total. The molecule has 3 aromatic rings. The smallest absolute Gasteiger partial charge is 0.309 e. The second-order valence-corrected chi connectivity index (χ2v) is 9.30. The highest BCUT2D eigenvalue weighted by Crippen LogP contribution is 2.27. The lowest BCUT2D eigenvalue weighted by atomic mass is 9.97. The van der Waals surface area contributed by atoms with Crippen LogP contribution in [-0.4, -0.2) is 51.3 Å². The van der Waals surface area contributed by atoms with Crippen LogP contribution in [0.25, 0.3) is 10.9 Å². The van der Waals surface area contributed by atoms with E-state index >= 15 is 0 Å². The molecule has 0 saturated carbocycles. The van der Waals surface area contributed by atoms with Crippen LogP contribution in [0.2, 0.25) is 0 Å². The minimum atomic E-state index is -0.444. The zero-order chi connectivity index (χ0) is 23.4. The van der Waals surface area contributed by atoms with E-state index in [2.05, 4.69) is 0 Å². The third kappa shape index (κ3) is 5.13. The van der Waals surface area contributed by atoms with Crippen molar-refractivity contribution in [3.63, 3.8) is 0 Å². The Labute approximate surface area is 195 Å². The number of nitrogens with zero attached hydrogens (tertiary/aromatic N) is 3. The fourth-order valence-corrected chi connectivity index (χ4v) is 4.99. The van der Waals surface area contributed by atoms with E-state index in [1.165, 1.54) is 11.8 Å². The van der Waals surface area contributed by atoms with Crippen molar-refractivity contribution in [3.8, 4) is 0 Å². The topological polar surface area (TPSA) is 94.6 Å². The van der Waals surface area contributed by atoms with Gasteiger partial charge in [0.05, 0.1) is 41.5 Å². The van der Waals surface area contributed by atoms with E-state index in [4.69, 9.17) is 14.1 Å². The van der Waals surface area contributed by atoms with E-state index < -0.39 is 5.25 Å². The van der Waals surface area contributed by atoms with Gasteiger partial charge in [-0.25, -0.2) is 4.98 Å². The van der Waals surface area contributed by atoms with Gasteiger partial charge in [-0.1, -0.05) is 23.9 Å². The van der Waals surface area contributed by atoms with E-state index in [1.807, 2.05) is 19.1 Å². The van der Waals surface area contributed by atoms with Gasteiger partial charge >= 0.3 is 5.97 Å². The zero-order valence-electron chi connectivity index (χ0n) is 18.7. The van der Waals surface area contributed by atoms with Gasteiger partial charge in [0.25, 0.3) is 5.56 Å². The van der Waals surface area contributed by atoms with Gasteiger partial charge in [-0.2, -0.15) is 0 Å². The summed E-state index contributed by atoms with van der Waals surface area (Å²) < 4.78 is 12.1. The molecule has 0 bridgehead atoms. The molecule has 1 unspecified atom stereocenters. The van der Waals surface area contributed by atoms with Crippen molar-refractivity contribution in [1.29, 1.82) is 0 Å². The van der Waals surface area contributed by atoms with Crippen molar-refractivity contribution < 1.29 is 18.7 Å². The molecule has 1 aliphatic heterocycles. The fourth-order valence-electron chi connectivity index (χ4n) is 4.00. The van der Waals surface area contributed by atoms with Gasteiger partial charge in [-0.15, -0.1) is 0 Å². The van der Waals surface area contributed by atoms with Gasteiger partial charge < -0.3 is 14.1 Å². The normalized spacial score (nSPS) is 15.5. The molecule has 1 aliphatic rings. The first kappa shape index (κ1) is 23.1. The Morgan fingerprint density at radius 1 is 1.21 bits per heavy atom. The minimum Gasteiger partial charge on any atom is -0.467 e. The fraction of sp³-hybridized carbons (Fsp3) is 0.417. The number of carbonyl (C=O) groups is 2. The van der Waals surface area contributed by atoms with E-state index in [-0.39, 0.29) is 29.9 Å². The van der Waals surface area contributed by atoms with Crippen LogP contribution in [0.15, 0.2) is 57.0 Å². The average Bonchev–Trinajstić information content (AvgIpc) is 3.34. The van der Waals surface area contributed by atoms with Crippen LogP contribution in [0.5, 0.6) is 0 Å². The van der Waals surface area contributed by atoms with Gasteiger partial charge in [-0.3, -0.25) is 19.0 Å². The number of benzene rings is 1. The van der Waals surface area contributed by atoms with Crippen LogP contribution < -0.4 is 5.56 Å². The number of ether oxygens (including phenoxy) is 1. The quantitative estimate of drug-likeness (QED) is 0.298. The van der Waals surface area contributed by atoms with Gasteiger partial charge in [0, 0.05) is 13.1 Å². The monoisotopic (exact) mass is 469 g/mol. The molecule has 0 radical (unpaired) electrons. The SMILES string of the molecule is CCOC(=O)C1CCN(C(=O)C(C)Sc2nc3ccccc3c(=O)n2Cc2ccco2)CC1. The molecule has 2 aromatic heterocycles. The number of furan rings is 1. The minimum absolute atomic E-state index is 0.0331. The molecule has 4 rings (SSSR count).